The summed E-state index contributed by atoms with van der Waals surface area (Å²) in [5.41, 5.74) is 3.90. The van der Waals surface area contributed by atoms with Crippen LogP contribution >= 0.6 is 0 Å². The summed E-state index contributed by atoms with van der Waals surface area (Å²) >= 11 is 0. The third-order valence-electron chi connectivity index (χ3n) is 13.7. The molecule has 2 unspecified atom stereocenters. The van der Waals surface area contributed by atoms with Crippen molar-refractivity contribution in [2.75, 3.05) is 40.4 Å². The van der Waals surface area contributed by atoms with Gasteiger partial charge in [-0.1, -0.05) is 24.3 Å². The molecule has 6 aliphatic rings. The van der Waals surface area contributed by atoms with Crippen molar-refractivity contribution in [1.82, 2.24) is 30.0 Å². The molecule has 6 aromatic rings. The first kappa shape index (κ1) is 36.7. The van der Waals surface area contributed by atoms with Gasteiger partial charge in [0.15, 0.2) is 0 Å². The first-order chi connectivity index (χ1) is 28.5. The molecule has 0 N–H and O–H groups in total. The number of methoxy groups -OCH3 is 2. The van der Waals surface area contributed by atoms with Gasteiger partial charge in [0.1, 0.15) is 23.7 Å². The number of fused-ring (bicyclic) bond motifs is 9. The van der Waals surface area contributed by atoms with Crippen molar-refractivity contribution < 1.29 is 18.9 Å². The summed E-state index contributed by atoms with van der Waals surface area (Å²) in [6.45, 7) is 12.3. The number of ether oxygens (including phenoxy) is 4. The minimum absolute atomic E-state index is 0.125. The van der Waals surface area contributed by atoms with Crippen LogP contribution in [0.4, 0.5) is 0 Å². The minimum atomic E-state index is -0.343. The second-order valence-corrected chi connectivity index (χ2v) is 16.5. The Balaban J connectivity index is 1.07. The molecule has 10 atom stereocenters. The molecule has 0 radical (unpaired) electrons. The third-order valence-corrected chi connectivity index (χ3v) is 13.7. The molecule has 296 valence electrons. The lowest BCUT2D eigenvalue weighted by Gasteiger charge is -2.51. The summed E-state index contributed by atoms with van der Waals surface area (Å²) in [6.07, 6.45) is 11.7. The zero-order valence-electron chi connectivity index (χ0n) is 33.2. The van der Waals surface area contributed by atoms with Crippen LogP contribution in [-0.2, 0) is 0 Å². The van der Waals surface area contributed by atoms with E-state index in [4.69, 9.17) is 39.1 Å². The Morgan fingerprint density at radius 3 is 1.48 bits per heavy atom. The fourth-order valence-corrected chi connectivity index (χ4v) is 10.6. The maximum absolute atomic E-state index is 7.26. The lowest BCUT2D eigenvalue weighted by Crippen LogP contribution is -2.55. The van der Waals surface area contributed by atoms with Gasteiger partial charge in [0.2, 0.25) is 11.8 Å². The summed E-state index contributed by atoms with van der Waals surface area (Å²) in [6, 6.07) is 24.7. The summed E-state index contributed by atoms with van der Waals surface area (Å²) in [4.78, 5) is 14.6. The summed E-state index contributed by atoms with van der Waals surface area (Å²) in [5, 5.41) is 13.5. The lowest BCUT2D eigenvalue weighted by atomic mass is 9.73. The third kappa shape index (κ3) is 6.43. The fraction of sp³-hybridized carbons (Fsp3) is 0.375. The van der Waals surface area contributed by atoms with Gasteiger partial charge in [-0.15, -0.1) is 23.4 Å². The molecule has 6 fully saturated rings. The van der Waals surface area contributed by atoms with Crippen molar-refractivity contribution in [3.05, 3.63) is 122 Å². The number of benzene rings is 3. The molecule has 0 spiro atoms. The van der Waals surface area contributed by atoms with Gasteiger partial charge in [-0.3, -0.25) is 19.8 Å². The molecule has 6 saturated heterocycles. The second-order valence-electron chi connectivity index (χ2n) is 16.5. The van der Waals surface area contributed by atoms with E-state index in [0.29, 0.717) is 35.4 Å². The molecule has 3 aromatic heterocycles. The van der Waals surface area contributed by atoms with Crippen molar-refractivity contribution in [1.29, 1.82) is 0 Å². The van der Waals surface area contributed by atoms with Crippen molar-refractivity contribution in [3.63, 3.8) is 0 Å². The van der Waals surface area contributed by atoms with Crippen molar-refractivity contribution >= 4 is 32.6 Å². The van der Waals surface area contributed by atoms with Gasteiger partial charge in [-0.2, -0.15) is 0 Å². The minimum Gasteiger partial charge on any atom is -0.497 e. The van der Waals surface area contributed by atoms with Gasteiger partial charge >= 0.3 is 0 Å². The maximum Gasteiger partial charge on any atom is 0.242 e. The highest BCUT2D eigenvalue weighted by atomic mass is 16.5. The van der Waals surface area contributed by atoms with Gasteiger partial charge in [0.25, 0.3) is 0 Å². The highest BCUT2D eigenvalue weighted by molar-refractivity contribution is 5.91. The SMILES string of the molecule is C=C[C@@H]1CN2CC[C@H]1C[C@@H]2[C@H](Oc1nnc(O[C@@H](c2ccnc3ccc(OC)cc23)[C@H]2C[C@H]3CCN2C[C@@H]3C=C)c2ccccc12)c1ccnc2ccc(OC)cc12. The fourth-order valence-electron chi connectivity index (χ4n) is 10.6. The maximum atomic E-state index is 7.26. The molecule has 3 aromatic carbocycles. The van der Waals surface area contributed by atoms with Crippen LogP contribution in [0.3, 0.4) is 0 Å². The Kier molecular flexibility index (Phi) is 9.69. The van der Waals surface area contributed by atoms with E-state index in [1.54, 1.807) is 14.2 Å². The topological polar surface area (TPSA) is 95.0 Å². The van der Waals surface area contributed by atoms with Crippen molar-refractivity contribution in [2.24, 2.45) is 23.7 Å². The average Bonchev–Trinajstić information content (AvgIpc) is 3.29. The van der Waals surface area contributed by atoms with Gasteiger partial charge in [0, 0.05) is 47.4 Å². The lowest BCUT2D eigenvalue weighted by molar-refractivity contribution is -0.0382. The van der Waals surface area contributed by atoms with Crippen LogP contribution in [0.2, 0.25) is 0 Å². The van der Waals surface area contributed by atoms with Crippen LogP contribution in [-0.4, -0.2) is 82.4 Å². The van der Waals surface area contributed by atoms with Crippen LogP contribution in [0, 0.1) is 23.7 Å². The molecule has 0 amide bonds. The molecular formula is C48H50N6O4. The van der Waals surface area contributed by atoms with E-state index in [2.05, 4.69) is 71.5 Å². The second kappa shape index (κ2) is 15.3. The van der Waals surface area contributed by atoms with Crippen LogP contribution in [0.5, 0.6) is 23.3 Å². The molecule has 9 heterocycles. The van der Waals surface area contributed by atoms with Gasteiger partial charge in [0.05, 0.1) is 48.1 Å². The van der Waals surface area contributed by atoms with Crippen LogP contribution in [0.1, 0.15) is 49.0 Å². The Labute approximate surface area is 339 Å². The van der Waals surface area contributed by atoms with Crippen LogP contribution < -0.4 is 18.9 Å². The molecule has 12 rings (SSSR count). The van der Waals surface area contributed by atoms with Gasteiger partial charge in [-0.25, -0.2) is 0 Å². The number of hydrogen-bond donors (Lipinski definition) is 0. The zero-order valence-corrected chi connectivity index (χ0v) is 33.2. The van der Waals surface area contributed by atoms with Crippen molar-refractivity contribution in [3.8, 4) is 23.3 Å². The summed E-state index contributed by atoms with van der Waals surface area (Å²) < 4.78 is 25.9. The van der Waals surface area contributed by atoms with Crippen LogP contribution in [0.25, 0.3) is 32.6 Å². The number of piperidine rings is 6. The molecule has 6 aliphatic heterocycles. The Hall–Kier alpha value is -5.58. The monoisotopic (exact) mass is 774 g/mol. The molecule has 10 heteroatoms. The van der Waals surface area contributed by atoms with E-state index >= 15 is 0 Å². The largest absolute Gasteiger partial charge is 0.497 e. The first-order valence-corrected chi connectivity index (χ1v) is 20.7. The molecule has 10 nitrogen and oxygen atoms in total. The van der Waals surface area contributed by atoms with Gasteiger partial charge in [-0.05, 0) is 123 Å². The van der Waals surface area contributed by atoms with E-state index in [-0.39, 0.29) is 24.3 Å². The molecule has 4 bridgehead atoms. The van der Waals surface area contributed by atoms with E-state index in [9.17, 15) is 0 Å². The Bertz CT molecular complexity index is 2340. The molecule has 58 heavy (non-hydrogen) atoms. The molecular weight excluding hydrogens is 725 g/mol. The number of hydrogen-bond acceptors (Lipinski definition) is 10. The predicted molar refractivity (Wildman–Crippen MR) is 226 cm³/mol. The van der Waals surface area contributed by atoms with Gasteiger partial charge < -0.3 is 18.9 Å². The summed E-state index contributed by atoms with van der Waals surface area (Å²) in [7, 11) is 3.40. The molecule has 0 aliphatic carbocycles. The van der Waals surface area contributed by atoms with E-state index in [1.807, 2.05) is 48.8 Å². The molecule has 0 saturated carbocycles. The van der Waals surface area contributed by atoms with E-state index in [1.165, 1.54) is 0 Å². The van der Waals surface area contributed by atoms with E-state index < -0.39 is 0 Å². The predicted octanol–water partition coefficient (Wildman–Crippen LogP) is 8.78. The smallest absolute Gasteiger partial charge is 0.242 e. The quantitative estimate of drug-likeness (QED) is 0.112. The Morgan fingerprint density at radius 2 is 1.09 bits per heavy atom. The zero-order chi connectivity index (χ0) is 39.3. The average molecular weight is 775 g/mol. The normalized spacial score (nSPS) is 27.3. The van der Waals surface area contributed by atoms with Crippen molar-refractivity contribution in [2.45, 2.75) is 50.0 Å². The number of nitrogens with zero attached hydrogens (tertiary/aromatic N) is 6. The number of pyridine rings is 2. The number of rotatable bonds is 12. The standard InChI is InChI=1S/C48H50N6O4/c1-5-29-27-53-21-17-31(29)23-43(53)45(35-15-19-49-41-13-11-33(55-3)25-39(35)41)57-47-37-9-7-8-10-38(37)48(52-51-47)58-46(44-24-32-18-22-54(44)28-30(32)6-2)36-16-20-50-42-14-12-34(56-4)26-40(36)42/h5-16,19-20,25-26,29-32,43-46H,1-2,17-18,21-24,27-28H2,3-4H3/t29-,30+,31+,32-,43-,44-,45-,46+/m1/s1. The summed E-state index contributed by atoms with van der Waals surface area (Å²) in [5.74, 6) is 4.57. The first-order valence-electron chi connectivity index (χ1n) is 20.7. The van der Waals surface area contributed by atoms with E-state index in [0.717, 1.165) is 107 Å². The van der Waals surface area contributed by atoms with Crippen LogP contribution in [0.15, 0.2) is 111 Å². The number of aromatic nitrogens is 4. The Morgan fingerprint density at radius 1 is 0.621 bits per heavy atom. The highest BCUT2D eigenvalue weighted by Gasteiger charge is 2.46. The highest BCUT2D eigenvalue weighted by Crippen LogP contribution is 2.47.